The SMILES string of the molecule is CC(Br)C(=O)c1cc(C(O)C(=O)O)ccc1[N+](=O)[O-]. The van der Waals surface area contributed by atoms with Gasteiger partial charge in [-0.3, -0.25) is 14.9 Å². The molecule has 7 nitrogen and oxygen atoms in total. The highest BCUT2D eigenvalue weighted by molar-refractivity contribution is 9.10. The zero-order valence-corrected chi connectivity index (χ0v) is 11.3. The molecule has 19 heavy (non-hydrogen) atoms. The number of hydrogen-bond acceptors (Lipinski definition) is 5. The molecule has 0 bridgehead atoms. The van der Waals surface area contributed by atoms with E-state index in [2.05, 4.69) is 15.9 Å². The molecule has 0 aliphatic heterocycles. The van der Waals surface area contributed by atoms with Crippen molar-refractivity contribution in [2.24, 2.45) is 0 Å². The Morgan fingerprint density at radius 3 is 2.42 bits per heavy atom. The second-order valence-electron chi connectivity index (χ2n) is 3.75. The van der Waals surface area contributed by atoms with E-state index in [0.29, 0.717) is 0 Å². The van der Waals surface area contributed by atoms with Gasteiger partial charge in [-0.2, -0.15) is 0 Å². The van der Waals surface area contributed by atoms with E-state index in [4.69, 9.17) is 5.11 Å². The number of aliphatic hydroxyl groups is 1. The Labute approximate surface area is 116 Å². The van der Waals surface area contributed by atoms with Gasteiger partial charge in [0.25, 0.3) is 5.69 Å². The summed E-state index contributed by atoms with van der Waals surface area (Å²) in [5.74, 6) is -2.06. The van der Waals surface area contributed by atoms with Crippen LogP contribution in [-0.4, -0.2) is 31.7 Å². The molecule has 1 rings (SSSR count). The predicted molar refractivity (Wildman–Crippen MR) is 68.4 cm³/mol. The highest BCUT2D eigenvalue weighted by Crippen LogP contribution is 2.26. The van der Waals surface area contributed by atoms with Gasteiger partial charge in [0.15, 0.2) is 11.9 Å². The van der Waals surface area contributed by atoms with Crippen molar-refractivity contribution in [2.75, 3.05) is 0 Å². The predicted octanol–water partition coefficient (Wildman–Crippen LogP) is 1.68. The zero-order valence-electron chi connectivity index (χ0n) is 9.74. The van der Waals surface area contributed by atoms with Gasteiger partial charge in [0.1, 0.15) is 0 Å². The molecule has 1 aromatic rings. The van der Waals surface area contributed by atoms with E-state index in [0.717, 1.165) is 18.2 Å². The van der Waals surface area contributed by atoms with Crippen molar-refractivity contribution in [3.05, 3.63) is 39.4 Å². The lowest BCUT2D eigenvalue weighted by atomic mass is 10.0. The van der Waals surface area contributed by atoms with Gasteiger partial charge in [-0.05, 0) is 24.6 Å². The Balaban J connectivity index is 3.38. The number of carboxylic acid groups (broad SMARTS) is 1. The highest BCUT2D eigenvalue weighted by atomic mass is 79.9. The maximum atomic E-state index is 11.8. The molecule has 0 aliphatic carbocycles. The summed E-state index contributed by atoms with van der Waals surface area (Å²) < 4.78 is 0. The molecule has 0 aromatic heterocycles. The highest BCUT2D eigenvalue weighted by Gasteiger charge is 2.26. The average molecular weight is 332 g/mol. The summed E-state index contributed by atoms with van der Waals surface area (Å²) >= 11 is 3.00. The summed E-state index contributed by atoms with van der Waals surface area (Å²) in [6.45, 7) is 1.49. The standard InChI is InChI=1S/C11H10BrNO6/c1-5(12)9(14)7-4-6(10(15)11(16)17)2-3-8(7)13(18)19/h2-5,10,15H,1H3,(H,16,17). The summed E-state index contributed by atoms with van der Waals surface area (Å²) in [7, 11) is 0. The Hall–Kier alpha value is -1.80. The first-order valence-corrected chi connectivity index (χ1v) is 6.04. The number of nitrogens with zero attached hydrogens (tertiary/aromatic N) is 1. The lowest BCUT2D eigenvalue weighted by Gasteiger charge is -2.09. The molecular weight excluding hydrogens is 322 g/mol. The quantitative estimate of drug-likeness (QED) is 0.367. The van der Waals surface area contributed by atoms with Crippen LogP contribution in [0.2, 0.25) is 0 Å². The van der Waals surface area contributed by atoms with E-state index >= 15 is 0 Å². The Bertz CT molecular complexity index is 542. The molecule has 0 aliphatic rings. The molecular formula is C11H10BrNO6. The molecule has 2 unspecified atom stereocenters. The molecule has 0 saturated carbocycles. The minimum Gasteiger partial charge on any atom is -0.479 e. The van der Waals surface area contributed by atoms with Gasteiger partial charge in [-0.25, -0.2) is 4.79 Å². The van der Waals surface area contributed by atoms with E-state index in [1.54, 1.807) is 0 Å². The van der Waals surface area contributed by atoms with Crippen LogP contribution in [0.15, 0.2) is 18.2 Å². The van der Waals surface area contributed by atoms with Gasteiger partial charge in [0, 0.05) is 6.07 Å². The van der Waals surface area contributed by atoms with Crippen LogP contribution in [0.4, 0.5) is 5.69 Å². The number of nitro groups is 1. The number of aliphatic hydroxyl groups excluding tert-OH is 1. The second kappa shape index (κ2) is 5.89. The van der Waals surface area contributed by atoms with Crippen LogP contribution in [0, 0.1) is 10.1 Å². The molecule has 2 N–H and O–H groups in total. The molecule has 0 saturated heterocycles. The number of hydrogen-bond donors (Lipinski definition) is 2. The monoisotopic (exact) mass is 331 g/mol. The third-order valence-corrected chi connectivity index (χ3v) is 2.81. The number of alkyl halides is 1. The van der Waals surface area contributed by atoms with E-state index in [-0.39, 0.29) is 11.1 Å². The number of nitro benzene ring substituents is 1. The normalized spacial score (nSPS) is 13.6. The number of benzene rings is 1. The zero-order chi connectivity index (χ0) is 14.7. The number of ketones is 1. The third-order valence-electron chi connectivity index (χ3n) is 2.39. The number of aliphatic carboxylic acids is 1. The van der Waals surface area contributed by atoms with Crippen molar-refractivity contribution in [1.82, 2.24) is 0 Å². The Morgan fingerprint density at radius 2 is 2.00 bits per heavy atom. The van der Waals surface area contributed by atoms with Gasteiger partial charge < -0.3 is 10.2 Å². The van der Waals surface area contributed by atoms with Crippen LogP contribution >= 0.6 is 15.9 Å². The lowest BCUT2D eigenvalue weighted by molar-refractivity contribution is -0.385. The van der Waals surface area contributed by atoms with Crippen LogP contribution < -0.4 is 0 Å². The first kappa shape index (κ1) is 15.3. The number of carboxylic acids is 1. The number of rotatable bonds is 5. The first-order chi connectivity index (χ1) is 8.75. The van der Waals surface area contributed by atoms with Crippen LogP contribution in [0.3, 0.4) is 0 Å². The topological polar surface area (TPSA) is 118 Å². The molecule has 102 valence electrons. The molecule has 0 radical (unpaired) electrons. The van der Waals surface area contributed by atoms with Crippen LogP contribution in [0.1, 0.15) is 28.9 Å². The molecule has 8 heteroatoms. The number of Topliss-reactive ketones (excluding diaryl/α,β-unsaturated/α-hetero) is 1. The summed E-state index contributed by atoms with van der Waals surface area (Å²) in [5, 5.41) is 28.9. The van der Waals surface area contributed by atoms with Crippen LogP contribution in [-0.2, 0) is 4.79 Å². The average Bonchev–Trinajstić information content (AvgIpc) is 2.35. The molecule has 2 atom stereocenters. The van der Waals surface area contributed by atoms with Crippen LogP contribution in [0.25, 0.3) is 0 Å². The fourth-order valence-corrected chi connectivity index (χ4v) is 1.68. The van der Waals surface area contributed by atoms with Gasteiger partial charge in [-0.1, -0.05) is 15.9 Å². The van der Waals surface area contributed by atoms with E-state index in [1.807, 2.05) is 0 Å². The Kier molecular flexibility index (Phi) is 4.73. The summed E-state index contributed by atoms with van der Waals surface area (Å²) in [5.41, 5.74) is -0.764. The van der Waals surface area contributed by atoms with Crippen molar-refractivity contribution in [2.45, 2.75) is 17.9 Å². The first-order valence-electron chi connectivity index (χ1n) is 5.13. The van der Waals surface area contributed by atoms with Gasteiger partial charge in [0.2, 0.25) is 0 Å². The molecule has 0 heterocycles. The van der Waals surface area contributed by atoms with Crippen molar-refractivity contribution >= 4 is 33.4 Å². The summed E-state index contributed by atoms with van der Waals surface area (Å²) in [6.07, 6.45) is -1.84. The van der Waals surface area contributed by atoms with E-state index in [9.17, 15) is 24.8 Å². The van der Waals surface area contributed by atoms with Gasteiger partial charge >= 0.3 is 5.97 Å². The lowest BCUT2D eigenvalue weighted by Crippen LogP contribution is -2.15. The van der Waals surface area contributed by atoms with Crippen molar-refractivity contribution in [3.63, 3.8) is 0 Å². The van der Waals surface area contributed by atoms with E-state index < -0.39 is 33.3 Å². The maximum absolute atomic E-state index is 11.8. The minimum absolute atomic E-state index is 0.0883. The number of carbonyl (C=O) groups is 2. The van der Waals surface area contributed by atoms with Crippen molar-refractivity contribution in [3.8, 4) is 0 Å². The smallest absolute Gasteiger partial charge is 0.337 e. The summed E-state index contributed by atoms with van der Waals surface area (Å²) in [4.78, 5) is 31.9. The maximum Gasteiger partial charge on any atom is 0.337 e. The van der Waals surface area contributed by atoms with Crippen molar-refractivity contribution in [1.29, 1.82) is 0 Å². The largest absolute Gasteiger partial charge is 0.479 e. The van der Waals surface area contributed by atoms with Crippen LogP contribution in [0.5, 0.6) is 0 Å². The second-order valence-corrected chi connectivity index (χ2v) is 5.13. The Morgan fingerprint density at radius 1 is 1.42 bits per heavy atom. The third kappa shape index (κ3) is 3.36. The number of halogens is 1. The van der Waals surface area contributed by atoms with Gasteiger partial charge in [0.05, 0.1) is 15.3 Å². The van der Waals surface area contributed by atoms with E-state index in [1.165, 1.54) is 6.92 Å². The number of carbonyl (C=O) groups excluding carboxylic acids is 1. The molecule has 0 amide bonds. The summed E-state index contributed by atoms with van der Waals surface area (Å²) in [6, 6.07) is 3.13. The molecule has 0 fully saturated rings. The van der Waals surface area contributed by atoms with Gasteiger partial charge in [-0.15, -0.1) is 0 Å². The minimum atomic E-state index is -1.84. The van der Waals surface area contributed by atoms with Crippen molar-refractivity contribution < 1.29 is 24.7 Å². The fourth-order valence-electron chi connectivity index (χ4n) is 1.44. The molecule has 0 spiro atoms. The molecule has 1 aromatic carbocycles. The fraction of sp³-hybridized carbons (Fsp3) is 0.273.